The van der Waals surface area contributed by atoms with Gasteiger partial charge >= 0.3 is 6.09 Å². The summed E-state index contributed by atoms with van der Waals surface area (Å²) >= 11 is 0. The maximum Gasteiger partial charge on any atom is 0.405 e. The number of rotatable bonds is 5. The summed E-state index contributed by atoms with van der Waals surface area (Å²) in [6, 6.07) is 9.76. The highest BCUT2D eigenvalue weighted by molar-refractivity contribution is 5.83. The molecule has 1 unspecified atom stereocenters. The molecule has 27 heavy (non-hydrogen) atoms. The minimum absolute atomic E-state index is 0.0464. The second-order valence-electron chi connectivity index (χ2n) is 8.84. The number of benzene rings is 1. The fourth-order valence-corrected chi connectivity index (χ4v) is 5.64. The molecule has 2 amide bonds. The summed E-state index contributed by atoms with van der Waals surface area (Å²) in [6.45, 7) is 10.5. The van der Waals surface area contributed by atoms with E-state index in [4.69, 9.17) is 0 Å². The van der Waals surface area contributed by atoms with Crippen molar-refractivity contribution in [2.75, 3.05) is 6.54 Å². The van der Waals surface area contributed by atoms with Crippen molar-refractivity contribution in [3.8, 4) is 0 Å². The maximum atomic E-state index is 13.2. The molecule has 2 N–H and O–H groups in total. The quantitative estimate of drug-likeness (QED) is 0.765. The van der Waals surface area contributed by atoms with Crippen LogP contribution in [0, 0.1) is 11.3 Å². The minimum Gasteiger partial charge on any atom is -0.465 e. The summed E-state index contributed by atoms with van der Waals surface area (Å²) in [4.78, 5) is 27.1. The number of carbonyl (C=O) groups is 2. The van der Waals surface area contributed by atoms with Crippen LogP contribution in [0.15, 0.2) is 43.0 Å². The summed E-state index contributed by atoms with van der Waals surface area (Å²) < 4.78 is 0. The smallest absolute Gasteiger partial charge is 0.405 e. The van der Waals surface area contributed by atoms with Crippen LogP contribution in [0.3, 0.4) is 0 Å². The van der Waals surface area contributed by atoms with Gasteiger partial charge in [-0.3, -0.25) is 4.79 Å². The SMILES string of the molecule is C=CCN1C(=O)C2CCC1(C(NC(=O)O)(c1ccccc1)C(C)(C)C)CC2. The summed E-state index contributed by atoms with van der Waals surface area (Å²) in [6.07, 6.45) is 3.85. The number of nitrogens with zero attached hydrogens (tertiary/aromatic N) is 1. The number of piperidine rings is 2. The average Bonchev–Trinajstić information content (AvgIpc) is 2.62. The lowest BCUT2D eigenvalue weighted by molar-refractivity contribution is -0.172. The number of carboxylic acid groups (broad SMARTS) is 1. The highest BCUT2D eigenvalue weighted by Crippen LogP contribution is 2.58. The van der Waals surface area contributed by atoms with Crippen LogP contribution in [-0.4, -0.2) is 34.1 Å². The van der Waals surface area contributed by atoms with Gasteiger partial charge in [-0.15, -0.1) is 6.58 Å². The van der Waals surface area contributed by atoms with Gasteiger partial charge in [0.25, 0.3) is 0 Å². The first-order valence-electron chi connectivity index (χ1n) is 9.68. The molecule has 1 aliphatic carbocycles. The molecule has 2 aliphatic heterocycles. The van der Waals surface area contributed by atoms with Crippen LogP contribution in [0.25, 0.3) is 0 Å². The normalized spacial score (nSPS) is 27.1. The van der Waals surface area contributed by atoms with Gasteiger partial charge in [-0.1, -0.05) is 57.2 Å². The molecule has 4 rings (SSSR count). The molecule has 146 valence electrons. The maximum absolute atomic E-state index is 13.2. The van der Waals surface area contributed by atoms with E-state index in [-0.39, 0.29) is 11.8 Å². The summed E-state index contributed by atoms with van der Waals surface area (Å²) in [5, 5.41) is 12.8. The number of carbonyl (C=O) groups excluding carboxylic acids is 1. The van der Waals surface area contributed by atoms with Crippen LogP contribution >= 0.6 is 0 Å². The Morgan fingerprint density at radius 2 is 1.89 bits per heavy atom. The van der Waals surface area contributed by atoms with E-state index < -0.39 is 22.6 Å². The van der Waals surface area contributed by atoms with Crippen LogP contribution in [0.2, 0.25) is 0 Å². The molecule has 2 bridgehead atoms. The van der Waals surface area contributed by atoms with E-state index >= 15 is 0 Å². The lowest BCUT2D eigenvalue weighted by Gasteiger charge is -2.66. The van der Waals surface area contributed by atoms with Gasteiger partial charge < -0.3 is 15.3 Å². The molecular formula is C22H30N2O3. The molecule has 1 atom stereocenters. The van der Waals surface area contributed by atoms with Crippen molar-refractivity contribution in [2.45, 2.75) is 57.5 Å². The van der Waals surface area contributed by atoms with Crippen molar-refractivity contribution in [1.29, 1.82) is 0 Å². The van der Waals surface area contributed by atoms with Gasteiger partial charge in [0.2, 0.25) is 5.91 Å². The van der Waals surface area contributed by atoms with E-state index in [9.17, 15) is 14.7 Å². The lowest BCUT2D eigenvalue weighted by atomic mass is 9.51. The largest absolute Gasteiger partial charge is 0.465 e. The predicted molar refractivity (Wildman–Crippen MR) is 105 cm³/mol. The number of amides is 2. The predicted octanol–water partition coefficient (Wildman–Crippen LogP) is 4.15. The monoisotopic (exact) mass is 370 g/mol. The standard InChI is InChI=1S/C22H30N2O3/c1-5-15-24-18(25)16-11-13-21(24,14-12-16)22(20(2,3)4,23-19(26)27)17-9-7-6-8-10-17/h5-10,16,23H,1,11-15H2,2-4H3,(H,26,27). The molecule has 2 saturated heterocycles. The highest BCUT2D eigenvalue weighted by Gasteiger charge is 2.66. The molecule has 0 aromatic heterocycles. The van der Waals surface area contributed by atoms with Crippen molar-refractivity contribution in [3.63, 3.8) is 0 Å². The molecule has 5 heteroatoms. The van der Waals surface area contributed by atoms with Crippen LogP contribution in [0.5, 0.6) is 0 Å². The number of fused-ring (bicyclic) bond motifs is 3. The van der Waals surface area contributed by atoms with E-state index in [1.54, 1.807) is 6.08 Å². The molecule has 3 fully saturated rings. The van der Waals surface area contributed by atoms with Crippen LogP contribution in [0.4, 0.5) is 4.79 Å². The fourth-order valence-electron chi connectivity index (χ4n) is 5.64. The minimum atomic E-state index is -1.07. The van der Waals surface area contributed by atoms with Gasteiger partial charge in [-0.25, -0.2) is 4.79 Å². The first-order valence-corrected chi connectivity index (χ1v) is 9.68. The number of hydrogen-bond acceptors (Lipinski definition) is 2. The Hall–Kier alpha value is -2.30. The molecule has 2 heterocycles. The zero-order valence-electron chi connectivity index (χ0n) is 16.5. The first kappa shape index (κ1) is 19.5. The molecule has 0 spiro atoms. The average molecular weight is 370 g/mol. The van der Waals surface area contributed by atoms with E-state index in [2.05, 4.69) is 32.7 Å². The zero-order valence-corrected chi connectivity index (χ0v) is 16.5. The summed E-state index contributed by atoms with van der Waals surface area (Å²) in [5.41, 5.74) is -1.11. The molecule has 1 saturated carbocycles. The van der Waals surface area contributed by atoms with Crippen molar-refractivity contribution < 1.29 is 14.7 Å². The fraction of sp³-hybridized carbons (Fsp3) is 0.545. The van der Waals surface area contributed by atoms with Gasteiger partial charge in [0.15, 0.2) is 0 Å². The topological polar surface area (TPSA) is 69.6 Å². The zero-order chi connectivity index (χ0) is 19.9. The van der Waals surface area contributed by atoms with Gasteiger partial charge in [0.05, 0.1) is 11.1 Å². The van der Waals surface area contributed by atoms with Crippen LogP contribution < -0.4 is 5.32 Å². The molecule has 5 nitrogen and oxygen atoms in total. The molecule has 3 aliphatic rings. The van der Waals surface area contributed by atoms with Gasteiger partial charge in [-0.2, -0.15) is 0 Å². The molecule has 1 aromatic carbocycles. The van der Waals surface area contributed by atoms with E-state index in [0.29, 0.717) is 6.54 Å². The lowest BCUT2D eigenvalue weighted by Crippen LogP contribution is -2.77. The van der Waals surface area contributed by atoms with E-state index in [1.807, 2.05) is 35.2 Å². The van der Waals surface area contributed by atoms with Crippen molar-refractivity contribution >= 4 is 12.0 Å². The Morgan fingerprint density at radius 3 is 2.37 bits per heavy atom. The molecule has 0 radical (unpaired) electrons. The van der Waals surface area contributed by atoms with Crippen molar-refractivity contribution in [2.24, 2.45) is 11.3 Å². The third-order valence-corrected chi connectivity index (χ3v) is 6.58. The Bertz CT molecular complexity index is 730. The third-order valence-electron chi connectivity index (χ3n) is 6.58. The van der Waals surface area contributed by atoms with Gasteiger partial charge in [-0.05, 0) is 36.7 Å². The molecule has 1 aromatic rings. The summed E-state index contributed by atoms with van der Waals surface area (Å²) in [5.74, 6) is 0.175. The van der Waals surface area contributed by atoms with Crippen LogP contribution in [-0.2, 0) is 10.3 Å². The number of nitrogens with one attached hydrogen (secondary N) is 1. The summed E-state index contributed by atoms with van der Waals surface area (Å²) in [7, 11) is 0. The second-order valence-corrected chi connectivity index (χ2v) is 8.84. The molecular weight excluding hydrogens is 340 g/mol. The Kier molecular flexibility index (Phi) is 4.83. The third kappa shape index (κ3) is 2.75. The van der Waals surface area contributed by atoms with Gasteiger partial charge in [0.1, 0.15) is 0 Å². The Morgan fingerprint density at radius 1 is 1.30 bits per heavy atom. The van der Waals surface area contributed by atoms with Crippen LogP contribution in [0.1, 0.15) is 52.0 Å². The van der Waals surface area contributed by atoms with Crippen molar-refractivity contribution in [3.05, 3.63) is 48.6 Å². The Balaban J connectivity index is 2.32. The second kappa shape index (κ2) is 6.70. The highest BCUT2D eigenvalue weighted by atomic mass is 16.4. The number of hydrogen-bond donors (Lipinski definition) is 2. The van der Waals surface area contributed by atoms with Crippen molar-refractivity contribution in [1.82, 2.24) is 10.2 Å². The van der Waals surface area contributed by atoms with E-state index in [1.165, 1.54) is 0 Å². The first-order chi connectivity index (χ1) is 12.7. The Labute approximate surface area is 161 Å². The van der Waals surface area contributed by atoms with E-state index in [0.717, 1.165) is 31.2 Å². The van der Waals surface area contributed by atoms with Gasteiger partial charge in [0, 0.05) is 12.5 Å².